The minimum Gasteiger partial charge on any atom is -0.295 e. The van der Waals surface area contributed by atoms with Crippen molar-refractivity contribution >= 4 is 23.3 Å². The summed E-state index contributed by atoms with van der Waals surface area (Å²) in [5.41, 5.74) is 1.39. The molecule has 134 valence electrons. The van der Waals surface area contributed by atoms with Crippen molar-refractivity contribution in [1.82, 2.24) is 4.90 Å². The zero-order chi connectivity index (χ0) is 18.3. The largest absolute Gasteiger partial charge is 0.295 e. The SMILES string of the molecule is CCN1C(=O)C2(CCCC2)N=C1c1ccc(-c2ccc(Cl)cc2)cc1F. The van der Waals surface area contributed by atoms with Crippen molar-refractivity contribution in [2.24, 2.45) is 4.99 Å². The fourth-order valence-electron chi connectivity index (χ4n) is 3.96. The number of carbonyl (C=O) groups is 1. The first-order chi connectivity index (χ1) is 12.5. The highest BCUT2D eigenvalue weighted by atomic mass is 35.5. The second-order valence-electron chi connectivity index (χ2n) is 6.93. The van der Waals surface area contributed by atoms with Crippen molar-refractivity contribution < 1.29 is 9.18 Å². The molecule has 0 aromatic heterocycles. The second-order valence-corrected chi connectivity index (χ2v) is 7.36. The van der Waals surface area contributed by atoms with Crippen molar-refractivity contribution in [2.45, 2.75) is 38.1 Å². The van der Waals surface area contributed by atoms with E-state index in [1.54, 1.807) is 23.1 Å². The number of likely N-dealkylation sites (N-methyl/N-ethyl adjacent to an activating group) is 1. The average Bonchev–Trinajstić information content (AvgIpc) is 3.22. The molecule has 0 radical (unpaired) electrons. The Balaban J connectivity index is 1.73. The monoisotopic (exact) mass is 370 g/mol. The zero-order valence-electron chi connectivity index (χ0n) is 14.6. The summed E-state index contributed by atoms with van der Waals surface area (Å²) in [5.74, 6) is 0.130. The van der Waals surface area contributed by atoms with Gasteiger partial charge in [-0.2, -0.15) is 0 Å². The van der Waals surface area contributed by atoms with E-state index in [9.17, 15) is 9.18 Å². The molecule has 0 unspecified atom stereocenters. The zero-order valence-corrected chi connectivity index (χ0v) is 15.4. The number of halogens is 2. The summed E-state index contributed by atoms with van der Waals surface area (Å²) in [6.45, 7) is 2.40. The molecule has 1 fully saturated rings. The van der Waals surface area contributed by atoms with Crippen molar-refractivity contribution in [1.29, 1.82) is 0 Å². The second kappa shape index (κ2) is 6.51. The van der Waals surface area contributed by atoms with E-state index in [0.717, 1.165) is 36.8 Å². The number of hydrogen-bond donors (Lipinski definition) is 0. The highest BCUT2D eigenvalue weighted by Gasteiger charge is 2.49. The predicted octanol–water partition coefficient (Wildman–Crippen LogP) is 5.07. The summed E-state index contributed by atoms with van der Waals surface area (Å²) < 4.78 is 14.9. The van der Waals surface area contributed by atoms with Crippen LogP contribution in [0.3, 0.4) is 0 Å². The molecular formula is C21H20ClFN2O. The predicted molar refractivity (Wildman–Crippen MR) is 102 cm³/mol. The summed E-state index contributed by atoms with van der Waals surface area (Å²) in [6, 6.07) is 12.4. The molecule has 0 atom stereocenters. The van der Waals surface area contributed by atoms with Crippen LogP contribution in [0.25, 0.3) is 11.1 Å². The van der Waals surface area contributed by atoms with Gasteiger partial charge >= 0.3 is 0 Å². The number of amidine groups is 1. The van der Waals surface area contributed by atoms with Crippen molar-refractivity contribution in [3.63, 3.8) is 0 Å². The highest BCUT2D eigenvalue weighted by molar-refractivity contribution is 6.30. The van der Waals surface area contributed by atoms with Crippen LogP contribution in [0.1, 0.15) is 38.2 Å². The van der Waals surface area contributed by atoms with E-state index in [0.29, 0.717) is 23.0 Å². The Hall–Kier alpha value is -2.20. The van der Waals surface area contributed by atoms with Gasteiger partial charge < -0.3 is 0 Å². The van der Waals surface area contributed by atoms with E-state index in [1.165, 1.54) is 6.07 Å². The molecule has 0 bridgehead atoms. The van der Waals surface area contributed by atoms with Gasteiger partial charge in [-0.05, 0) is 55.2 Å². The van der Waals surface area contributed by atoms with E-state index in [-0.39, 0.29) is 11.7 Å². The van der Waals surface area contributed by atoms with Gasteiger partial charge in [0, 0.05) is 11.6 Å². The maximum Gasteiger partial charge on any atom is 0.256 e. The molecule has 0 saturated heterocycles. The van der Waals surface area contributed by atoms with Crippen LogP contribution in [0.15, 0.2) is 47.5 Å². The van der Waals surface area contributed by atoms with Crippen molar-refractivity contribution in [3.8, 4) is 11.1 Å². The fourth-order valence-corrected chi connectivity index (χ4v) is 4.09. The van der Waals surface area contributed by atoms with Crippen molar-refractivity contribution in [2.75, 3.05) is 6.54 Å². The third-order valence-corrected chi connectivity index (χ3v) is 5.61. The highest BCUT2D eigenvalue weighted by Crippen LogP contribution is 2.40. The lowest BCUT2D eigenvalue weighted by molar-refractivity contribution is -0.130. The minimum atomic E-state index is -0.660. The first-order valence-corrected chi connectivity index (χ1v) is 9.39. The van der Waals surface area contributed by atoms with Gasteiger partial charge in [0.1, 0.15) is 17.2 Å². The summed E-state index contributed by atoms with van der Waals surface area (Å²) in [4.78, 5) is 19.2. The fraction of sp³-hybridized carbons (Fsp3) is 0.333. The molecule has 4 rings (SSSR count). The normalized spacial score (nSPS) is 18.7. The summed E-state index contributed by atoms with van der Waals surface area (Å²) in [5, 5.41) is 0.644. The van der Waals surface area contributed by atoms with Crippen LogP contribution in [-0.2, 0) is 4.79 Å². The lowest BCUT2D eigenvalue weighted by Crippen LogP contribution is -2.41. The molecule has 0 N–H and O–H groups in total. The van der Waals surface area contributed by atoms with Gasteiger partial charge in [-0.3, -0.25) is 14.7 Å². The Morgan fingerprint density at radius 1 is 1.12 bits per heavy atom. The summed E-state index contributed by atoms with van der Waals surface area (Å²) >= 11 is 5.92. The summed E-state index contributed by atoms with van der Waals surface area (Å²) in [6.07, 6.45) is 3.52. The Kier molecular flexibility index (Phi) is 4.31. The lowest BCUT2D eigenvalue weighted by atomic mass is 9.98. The van der Waals surface area contributed by atoms with Crippen molar-refractivity contribution in [3.05, 3.63) is 58.9 Å². The molecule has 1 aliphatic heterocycles. The third kappa shape index (κ3) is 2.73. The van der Waals surface area contributed by atoms with Crippen LogP contribution >= 0.6 is 11.6 Å². The number of hydrogen-bond acceptors (Lipinski definition) is 2. The Labute approximate surface area is 157 Å². The Morgan fingerprint density at radius 2 is 1.77 bits per heavy atom. The van der Waals surface area contributed by atoms with Crippen LogP contribution in [0.4, 0.5) is 4.39 Å². The molecule has 2 aliphatic rings. The molecule has 1 amide bonds. The van der Waals surface area contributed by atoms with Gasteiger partial charge in [-0.25, -0.2) is 4.39 Å². The first kappa shape index (κ1) is 17.2. The Morgan fingerprint density at radius 3 is 2.38 bits per heavy atom. The van der Waals surface area contributed by atoms with Gasteiger partial charge in [-0.15, -0.1) is 0 Å². The quantitative estimate of drug-likeness (QED) is 0.742. The molecule has 5 heteroatoms. The molecule has 2 aromatic rings. The molecule has 2 aromatic carbocycles. The standard InChI is InChI=1S/C21H20ClFN2O/c1-2-25-19(24-21(20(25)26)11-3-4-12-21)17-10-7-15(13-18(17)23)14-5-8-16(22)9-6-14/h5-10,13H,2-4,11-12H2,1H3. The van der Waals surface area contributed by atoms with Gasteiger partial charge in [-0.1, -0.05) is 42.6 Å². The number of benzene rings is 2. The van der Waals surface area contributed by atoms with Crippen LogP contribution in [-0.4, -0.2) is 28.7 Å². The van der Waals surface area contributed by atoms with Gasteiger partial charge in [0.15, 0.2) is 0 Å². The smallest absolute Gasteiger partial charge is 0.256 e. The molecular weight excluding hydrogens is 351 g/mol. The van der Waals surface area contributed by atoms with E-state index in [1.807, 2.05) is 25.1 Å². The van der Waals surface area contributed by atoms with Gasteiger partial charge in [0.05, 0.1) is 5.56 Å². The summed E-state index contributed by atoms with van der Waals surface area (Å²) in [7, 11) is 0. The lowest BCUT2D eigenvalue weighted by Gasteiger charge is -2.21. The molecule has 1 saturated carbocycles. The van der Waals surface area contributed by atoms with E-state index < -0.39 is 5.54 Å². The third-order valence-electron chi connectivity index (χ3n) is 5.35. The number of nitrogens with zero attached hydrogens (tertiary/aromatic N) is 2. The van der Waals surface area contributed by atoms with Gasteiger partial charge in [0.2, 0.25) is 0 Å². The van der Waals surface area contributed by atoms with Crippen LogP contribution in [0.5, 0.6) is 0 Å². The molecule has 1 aliphatic carbocycles. The minimum absolute atomic E-state index is 0.0219. The van der Waals surface area contributed by atoms with E-state index >= 15 is 0 Å². The average molecular weight is 371 g/mol. The van der Waals surface area contributed by atoms with Crippen LogP contribution in [0, 0.1) is 5.82 Å². The molecule has 1 heterocycles. The number of carbonyl (C=O) groups excluding carboxylic acids is 1. The number of aliphatic imine (C=N–C) groups is 1. The number of rotatable bonds is 3. The van der Waals surface area contributed by atoms with E-state index in [2.05, 4.69) is 0 Å². The van der Waals surface area contributed by atoms with Crippen LogP contribution in [0.2, 0.25) is 5.02 Å². The topological polar surface area (TPSA) is 32.7 Å². The molecule has 3 nitrogen and oxygen atoms in total. The molecule has 1 spiro atoms. The van der Waals surface area contributed by atoms with E-state index in [4.69, 9.17) is 16.6 Å². The van der Waals surface area contributed by atoms with Gasteiger partial charge in [0.25, 0.3) is 5.91 Å². The first-order valence-electron chi connectivity index (χ1n) is 9.02. The number of amides is 1. The maximum atomic E-state index is 14.9. The molecule has 26 heavy (non-hydrogen) atoms. The van der Waals surface area contributed by atoms with Crippen LogP contribution < -0.4 is 0 Å². The Bertz CT molecular complexity index is 885. The maximum absolute atomic E-state index is 14.9.